The van der Waals surface area contributed by atoms with Gasteiger partial charge in [-0.3, -0.25) is 9.78 Å². The molecule has 0 radical (unpaired) electrons. The number of carbonyl (C=O) groups is 2. The van der Waals surface area contributed by atoms with Gasteiger partial charge in [-0.05, 0) is 24.3 Å². The normalized spacial score (nSPS) is 10.1. The molecule has 2 aromatic rings. The predicted octanol–water partition coefficient (Wildman–Crippen LogP) is 2.27. The van der Waals surface area contributed by atoms with Gasteiger partial charge < -0.3 is 16.2 Å². The van der Waals surface area contributed by atoms with Crippen LogP contribution in [-0.2, 0) is 0 Å². The highest BCUT2D eigenvalue weighted by atomic mass is 35.5. The van der Waals surface area contributed by atoms with E-state index in [1.807, 2.05) is 0 Å². The van der Waals surface area contributed by atoms with E-state index in [-0.39, 0.29) is 21.8 Å². The Balaban J connectivity index is 2.25. The fraction of sp³-hybridized carbons (Fsp3) is 0. The molecule has 0 saturated heterocycles. The maximum absolute atomic E-state index is 12.0. The molecule has 0 atom stereocenters. The van der Waals surface area contributed by atoms with Gasteiger partial charge in [0.1, 0.15) is 0 Å². The Kier molecular flexibility index (Phi) is 3.86. The van der Waals surface area contributed by atoms with Crippen molar-refractivity contribution >= 4 is 34.9 Å². The van der Waals surface area contributed by atoms with Gasteiger partial charge in [0.15, 0.2) is 0 Å². The van der Waals surface area contributed by atoms with Gasteiger partial charge >= 0.3 is 5.97 Å². The zero-order valence-corrected chi connectivity index (χ0v) is 10.9. The third-order valence-corrected chi connectivity index (χ3v) is 2.86. The number of hydrogen-bond donors (Lipinski definition) is 3. The fourth-order valence-electron chi connectivity index (χ4n) is 1.56. The molecule has 0 aliphatic carbocycles. The Morgan fingerprint density at radius 1 is 1.30 bits per heavy atom. The van der Waals surface area contributed by atoms with E-state index in [0.717, 1.165) is 0 Å². The van der Waals surface area contributed by atoms with Crippen LogP contribution in [0.3, 0.4) is 0 Å². The van der Waals surface area contributed by atoms with Gasteiger partial charge in [-0.25, -0.2) is 4.79 Å². The van der Waals surface area contributed by atoms with Crippen LogP contribution >= 0.6 is 11.6 Å². The number of rotatable bonds is 3. The number of nitrogens with two attached hydrogens (primary N) is 1. The van der Waals surface area contributed by atoms with Crippen LogP contribution in [0, 0.1) is 0 Å². The molecule has 0 saturated carbocycles. The van der Waals surface area contributed by atoms with Crippen molar-refractivity contribution in [2.24, 2.45) is 0 Å². The summed E-state index contributed by atoms with van der Waals surface area (Å²) < 4.78 is 0. The highest BCUT2D eigenvalue weighted by Gasteiger charge is 2.13. The van der Waals surface area contributed by atoms with E-state index in [1.54, 1.807) is 0 Å². The highest BCUT2D eigenvalue weighted by Crippen LogP contribution is 2.22. The lowest BCUT2D eigenvalue weighted by Gasteiger charge is -2.09. The summed E-state index contributed by atoms with van der Waals surface area (Å²) in [6.45, 7) is 0. The largest absolute Gasteiger partial charge is 0.478 e. The van der Waals surface area contributed by atoms with Crippen molar-refractivity contribution in [3.8, 4) is 0 Å². The van der Waals surface area contributed by atoms with Crippen molar-refractivity contribution in [2.75, 3.05) is 11.1 Å². The second-order valence-electron chi connectivity index (χ2n) is 3.92. The standard InChI is InChI=1S/C13H10ClN3O3/c14-9-6-16-4-3-8(9)12(18)17-11-2-1-7(13(19)20)5-10(11)15/h1-6H,15H2,(H,17,18)(H,19,20). The van der Waals surface area contributed by atoms with Gasteiger partial charge in [0, 0.05) is 12.4 Å². The number of aromatic nitrogens is 1. The number of carboxylic acid groups (broad SMARTS) is 1. The third kappa shape index (κ3) is 2.86. The molecule has 0 bridgehead atoms. The van der Waals surface area contributed by atoms with Gasteiger partial charge in [0.2, 0.25) is 0 Å². The molecular formula is C13H10ClN3O3. The van der Waals surface area contributed by atoms with E-state index in [1.165, 1.54) is 36.7 Å². The lowest BCUT2D eigenvalue weighted by Crippen LogP contribution is -2.14. The zero-order valence-electron chi connectivity index (χ0n) is 10.1. The number of pyridine rings is 1. The number of benzene rings is 1. The lowest BCUT2D eigenvalue weighted by atomic mass is 10.1. The van der Waals surface area contributed by atoms with Gasteiger partial charge in [0.05, 0.1) is 27.5 Å². The summed E-state index contributed by atoms with van der Waals surface area (Å²) in [5, 5.41) is 11.6. The number of anilines is 2. The molecule has 1 amide bonds. The number of aromatic carboxylic acids is 1. The topological polar surface area (TPSA) is 105 Å². The Labute approximate surface area is 119 Å². The highest BCUT2D eigenvalue weighted by molar-refractivity contribution is 6.34. The van der Waals surface area contributed by atoms with Crippen LogP contribution in [0.1, 0.15) is 20.7 Å². The summed E-state index contributed by atoms with van der Waals surface area (Å²) in [4.78, 5) is 26.6. The summed E-state index contributed by atoms with van der Waals surface area (Å²) in [5.74, 6) is -1.54. The van der Waals surface area contributed by atoms with Crippen LogP contribution in [0.5, 0.6) is 0 Å². The van der Waals surface area contributed by atoms with Gasteiger partial charge in [-0.1, -0.05) is 11.6 Å². The predicted molar refractivity (Wildman–Crippen MR) is 75.0 cm³/mol. The van der Waals surface area contributed by atoms with Crippen molar-refractivity contribution in [1.29, 1.82) is 0 Å². The molecule has 0 fully saturated rings. The van der Waals surface area contributed by atoms with E-state index in [0.29, 0.717) is 5.69 Å². The monoisotopic (exact) mass is 291 g/mol. The quantitative estimate of drug-likeness (QED) is 0.752. The number of halogens is 1. The summed E-state index contributed by atoms with van der Waals surface area (Å²) in [6.07, 6.45) is 2.80. The first-order valence-corrected chi connectivity index (χ1v) is 5.90. The minimum Gasteiger partial charge on any atom is -0.478 e. The Morgan fingerprint density at radius 3 is 2.65 bits per heavy atom. The number of hydrogen-bond acceptors (Lipinski definition) is 4. The summed E-state index contributed by atoms with van der Waals surface area (Å²) in [6, 6.07) is 5.51. The molecule has 1 aromatic carbocycles. The smallest absolute Gasteiger partial charge is 0.335 e. The van der Waals surface area contributed by atoms with Crippen molar-refractivity contribution in [3.05, 3.63) is 52.8 Å². The SMILES string of the molecule is Nc1cc(C(=O)O)ccc1NC(=O)c1ccncc1Cl. The van der Waals surface area contributed by atoms with Crippen LogP contribution in [-0.4, -0.2) is 22.0 Å². The Morgan fingerprint density at radius 2 is 2.05 bits per heavy atom. The van der Waals surface area contributed by atoms with Crippen LogP contribution in [0.2, 0.25) is 5.02 Å². The van der Waals surface area contributed by atoms with E-state index < -0.39 is 11.9 Å². The molecule has 1 heterocycles. The van der Waals surface area contributed by atoms with Crippen molar-refractivity contribution < 1.29 is 14.7 Å². The number of nitrogens with zero attached hydrogens (tertiary/aromatic N) is 1. The first-order chi connectivity index (χ1) is 9.49. The zero-order chi connectivity index (χ0) is 14.7. The lowest BCUT2D eigenvalue weighted by molar-refractivity contribution is 0.0697. The average molecular weight is 292 g/mol. The summed E-state index contributed by atoms with van der Waals surface area (Å²) >= 11 is 5.86. The number of amides is 1. The molecule has 6 nitrogen and oxygen atoms in total. The van der Waals surface area contributed by atoms with Gasteiger partial charge in [-0.2, -0.15) is 0 Å². The van der Waals surface area contributed by atoms with Crippen molar-refractivity contribution in [3.63, 3.8) is 0 Å². The first kappa shape index (κ1) is 13.8. The summed E-state index contributed by atoms with van der Waals surface area (Å²) in [7, 11) is 0. The molecule has 4 N–H and O–H groups in total. The molecule has 0 unspecified atom stereocenters. The third-order valence-electron chi connectivity index (χ3n) is 2.56. The van der Waals surface area contributed by atoms with Crippen LogP contribution in [0.4, 0.5) is 11.4 Å². The van der Waals surface area contributed by atoms with Crippen molar-refractivity contribution in [1.82, 2.24) is 4.98 Å². The van der Waals surface area contributed by atoms with E-state index in [9.17, 15) is 9.59 Å². The number of nitrogen functional groups attached to an aromatic ring is 1. The molecule has 0 spiro atoms. The van der Waals surface area contributed by atoms with Crippen molar-refractivity contribution in [2.45, 2.75) is 0 Å². The molecule has 0 aliphatic rings. The Hall–Kier alpha value is -2.60. The Bertz CT molecular complexity index is 688. The van der Waals surface area contributed by atoms with Gasteiger partial charge in [0.25, 0.3) is 5.91 Å². The second kappa shape index (κ2) is 5.58. The maximum atomic E-state index is 12.0. The van der Waals surface area contributed by atoms with E-state index >= 15 is 0 Å². The summed E-state index contributed by atoms with van der Waals surface area (Å²) in [5.41, 5.74) is 6.47. The molecule has 0 aliphatic heterocycles. The number of nitrogens with one attached hydrogen (secondary N) is 1. The second-order valence-corrected chi connectivity index (χ2v) is 4.32. The van der Waals surface area contributed by atoms with Crippen LogP contribution in [0.15, 0.2) is 36.7 Å². The van der Waals surface area contributed by atoms with Gasteiger partial charge in [-0.15, -0.1) is 0 Å². The van der Waals surface area contributed by atoms with E-state index in [2.05, 4.69) is 10.3 Å². The maximum Gasteiger partial charge on any atom is 0.335 e. The fourth-order valence-corrected chi connectivity index (χ4v) is 1.76. The molecule has 102 valence electrons. The molecule has 2 rings (SSSR count). The van der Waals surface area contributed by atoms with E-state index in [4.69, 9.17) is 22.4 Å². The van der Waals surface area contributed by atoms with Crippen LogP contribution in [0.25, 0.3) is 0 Å². The molecule has 20 heavy (non-hydrogen) atoms. The minimum absolute atomic E-state index is 0.0439. The average Bonchev–Trinajstić information content (AvgIpc) is 2.41. The molecule has 7 heteroatoms. The first-order valence-electron chi connectivity index (χ1n) is 5.52. The number of carbonyl (C=O) groups excluding carboxylic acids is 1. The molecular weight excluding hydrogens is 282 g/mol. The number of carboxylic acids is 1. The minimum atomic E-state index is -1.09. The molecule has 1 aromatic heterocycles. The van der Waals surface area contributed by atoms with Crippen LogP contribution < -0.4 is 11.1 Å².